The molecule has 0 aromatic heterocycles. The zero-order chi connectivity index (χ0) is 25.8. The van der Waals surface area contributed by atoms with Gasteiger partial charge >= 0.3 is 6.09 Å². The van der Waals surface area contributed by atoms with Crippen molar-refractivity contribution in [1.82, 2.24) is 5.32 Å². The molecule has 1 aliphatic rings. The predicted molar refractivity (Wildman–Crippen MR) is 147 cm³/mol. The van der Waals surface area contributed by atoms with Crippen molar-refractivity contribution in [2.24, 2.45) is 0 Å². The topological polar surface area (TPSA) is 67.4 Å². The third kappa shape index (κ3) is 5.41. The highest BCUT2D eigenvalue weighted by atomic mass is 16.5. The van der Waals surface area contributed by atoms with Crippen LogP contribution in [0.4, 0.5) is 10.5 Å². The second-order valence-electron chi connectivity index (χ2n) is 9.52. The van der Waals surface area contributed by atoms with Crippen molar-refractivity contribution in [1.29, 1.82) is 0 Å². The Morgan fingerprint density at radius 3 is 2.11 bits per heavy atom. The highest BCUT2D eigenvalue weighted by Crippen LogP contribution is 2.44. The molecule has 0 heterocycles. The summed E-state index contributed by atoms with van der Waals surface area (Å²) in [6.45, 7) is 4.11. The number of rotatable bonds is 7. The van der Waals surface area contributed by atoms with Crippen LogP contribution >= 0.6 is 0 Å². The summed E-state index contributed by atoms with van der Waals surface area (Å²) in [4.78, 5) is 26.3. The molecule has 5 nitrogen and oxygen atoms in total. The van der Waals surface area contributed by atoms with Crippen LogP contribution in [-0.4, -0.2) is 24.6 Å². The summed E-state index contributed by atoms with van der Waals surface area (Å²) >= 11 is 0. The first-order valence-electron chi connectivity index (χ1n) is 12.5. The summed E-state index contributed by atoms with van der Waals surface area (Å²) in [6.07, 6.45) is -0.263. The van der Waals surface area contributed by atoms with E-state index in [9.17, 15) is 9.59 Å². The van der Waals surface area contributed by atoms with Gasteiger partial charge in [0, 0.05) is 18.0 Å². The molecule has 0 unspecified atom stereocenters. The van der Waals surface area contributed by atoms with Crippen molar-refractivity contribution in [3.05, 3.63) is 125 Å². The van der Waals surface area contributed by atoms with Gasteiger partial charge in [0.25, 0.3) is 0 Å². The van der Waals surface area contributed by atoms with Gasteiger partial charge in [-0.05, 0) is 58.9 Å². The van der Waals surface area contributed by atoms with E-state index in [0.29, 0.717) is 6.42 Å². The minimum atomic E-state index is -0.794. The molecule has 0 bridgehead atoms. The third-order valence-corrected chi connectivity index (χ3v) is 6.89. The number of carbonyl (C=O) groups excluding carboxylic acids is 2. The number of alkyl carbamates (subject to hydrolysis) is 1. The quantitative estimate of drug-likeness (QED) is 0.315. The number of ether oxygens (including phenoxy) is 1. The molecule has 5 rings (SSSR count). The number of fused-ring (bicyclic) bond motifs is 3. The average molecular weight is 491 g/mol. The Morgan fingerprint density at radius 2 is 1.43 bits per heavy atom. The molecule has 0 fully saturated rings. The first kappa shape index (κ1) is 24.3. The van der Waals surface area contributed by atoms with Gasteiger partial charge in [0.15, 0.2) is 0 Å². The molecule has 2 amide bonds. The molecule has 37 heavy (non-hydrogen) atoms. The molecule has 2 N–H and O–H groups in total. The lowest BCUT2D eigenvalue weighted by atomic mass is 9.98. The summed E-state index contributed by atoms with van der Waals surface area (Å²) in [5, 5.41) is 5.81. The number of aryl methyl sites for hydroxylation is 2. The van der Waals surface area contributed by atoms with Crippen molar-refractivity contribution in [2.75, 3.05) is 11.9 Å². The van der Waals surface area contributed by atoms with Gasteiger partial charge in [-0.1, -0.05) is 91.0 Å². The second kappa shape index (κ2) is 10.7. The van der Waals surface area contributed by atoms with Gasteiger partial charge in [0.05, 0.1) is 0 Å². The maximum Gasteiger partial charge on any atom is 0.407 e. The summed E-state index contributed by atoms with van der Waals surface area (Å²) < 4.78 is 5.72. The first-order chi connectivity index (χ1) is 18.0. The maximum atomic E-state index is 13.3. The molecule has 5 heteroatoms. The molecule has 0 spiro atoms. The summed E-state index contributed by atoms with van der Waals surface area (Å²) in [5.41, 5.74) is 8.31. The lowest BCUT2D eigenvalue weighted by molar-refractivity contribution is -0.118. The van der Waals surface area contributed by atoms with Crippen LogP contribution in [0.1, 0.15) is 33.7 Å². The Labute approximate surface area is 217 Å². The first-order valence-corrected chi connectivity index (χ1v) is 12.5. The van der Waals surface area contributed by atoms with Gasteiger partial charge in [-0.3, -0.25) is 4.79 Å². The Hall–Kier alpha value is -4.38. The minimum Gasteiger partial charge on any atom is -0.449 e. The standard InChI is InChI=1S/C32H30N2O3/c1-21-16-17-22(2)29(18-21)33-31(35)30(19-23-10-4-3-5-11-23)34-32(36)37-20-28-26-14-8-6-12-24(26)25-13-7-9-15-27(25)28/h3-18,28,30H,19-20H2,1-2H3,(H,33,35)(H,34,36)/t30-/m1/s1. The summed E-state index contributed by atoms with van der Waals surface area (Å²) in [7, 11) is 0. The molecule has 4 aromatic carbocycles. The van der Waals surface area contributed by atoms with E-state index < -0.39 is 12.1 Å². The van der Waals surface area contributed by atoms with E-state index in [4.69, 9.17) is 4.74 Å². The molecule has 1 aliphatic carbocycles. The fraction of sp³-hybridized carbons (Fsp3) is 0.188. The summed E-state index contributed by atoms with van der Waals surface area (Å²) in [6, 6.07) is 31.2. The van der Waals surface area contributed by atoms with E-state index in [2.05, 4.69) is 34.9 Å². The SMILES string of the molecule is Cc1ccc(C)c(NC(=O)[C@@H](Cc2ccccc2)NC(=O)OCC2c3ccccc3-c3ccccc32)c1. The van der Waals surface area contributed by atoms with Crippen LogP contribution in [0.2, 0.25) is 0 Å². The number of nitrogens with one attached hydrogen (secondary N) is 2. The van der Waals surface area contributed by atoms with Crippen molar-refractivity contribution >= 4 is 17.7 Å². The van der Waals surface area contributed by atoms with E-state index in [1.54, 1.807) is 0 Å². The van der Waals surface area contributed by atoms with Gasteiger partial charge < -0.3 is 15.4 Å². The number of amides is 2. The van der Waals surface area contributed by atoms with Gasteiger partial charge in [0.2, 0.25) is 5.91 Å². The van der Waals surface area contributed by atoms with E-state index in [-0.39, 0.29) is 18.4 Å². The zero-order valence-electron chi connectivity index (χ0n) is 21.0. The maximum absolute atomic E-state index is 13.3. The van der Waals surface area contributed by atoms with Crippen molar-refractivity contribution in [2.45, 2.75) is 32.2 Å². The Bertz CT molecular complexity index is 1390. The van der Waals surface area contributed by atoms with Crippen LogP contribution in [0.25, 0.3) is 11.1 Å². The summed E-state index contributed by atoms with van der Waals surface area (Å²) in [5.74, 6) is -0.333. The van der Waals surface area contributed by atoms with Crippen LogP contribution in [-0.2, 0) is 16.0 Å². The number of anilines is 1. The van der Waals surface area contributed by atoms with E-state index in [0.717, 1.165) is 33.5 Å². The lowest BCUT2D eigenvalue weighted by Gasteiger charge is -2.20. The Kier molecular flexibility index (Phi) is 7.04. The van der Waals surface area contributed by atoms with Gasteiger partial charge in [-0.2, -0.15) is 0 Å². The highest BCUT2D eigenvalue weighted by molar-refractivity contribution is 5.97. The number of hydrogen-bond donors (Lipinski definition) is 2. The average Bonchev–Trinajstić information content (AvgIpc) is 3.23. The smallest absolute Gasteiger partial charge is 0.407 e. The normalized spacial score (nSPS) is 12.8. The fourth-order valence-electron chi connectivity index (χ4n) is 4.93. The Balaban J connectivity index is 1.31. The zero-order valence-corrected chi connectivity index (χ0v) is 21.0. The number of benzene rings is 4. The molecule has 0 saturated carbocycles. The van der Waals surface area contributed by atoms with Crippen molar-refractivity contribution in [3.8, 4) is 11.1 Å². The van der Waals surface area contributed by atoms with Crippen LogP contribution in [0.15, 0.2) is 97.1 Å². The number of carbonyl (C=O) groups is 2. The van der Waals surface area contributed by atoms with Crippen molar-refractivity contribution < 1.29 is 14.3 Å². The second-order valence-corrected chi connectivity index (χ2v) is 9.52. The van der Waals surface area contributed by atoms with Crippen LogP contribution in [0.3, 0.4) is 0 Å². The Morgan fingerprint density at radius 1 is 0.811 bits per heavy atom. The number of hydrogen-bond acceptors (Lipinski definition) is 3. The monoisotopic (exact) mass is 490 g/mol. The van der Waals surface area contributed by atoms with E-state index in [1.807, 2.05) is 86.6 Å². The van der Waals surface area contributed by atoms with Gasteiger partial charge in [-0.15, -0.1) is 0 Å². The molecule has 1 atom stereocenters. The van der Waals surface area contributed by atoms with Crippen molar-refractivity contribution in [3.63, 3.8) is 0 Å². The molecule has 0 saturated heterocycles. The van der Waals surface area contributed by atoms with Gasteiger partial charge in [0.1, 0.15) is 12.6 Å². The van der Waals surface area contributed by atoms with Crippen LogP contribution in [0, 0.1) is 13.8 Å². The van der Waals surface area contributed by atoms with Crippen LogP contribution < -0.4 is 10.6 Å². The lowest BCUT2D eigenvalue weighted by Crippen LogP contribution is -2.45. The minimum absolute atomic E-state index is 0.0468. The molecular weight excluding hydrogens is 460 g/mol. The largest absolute Gasteiger partial charge is 0.449 e. The van der Waals surface area contributed by atoms with Gasteiger partial charge in [-0.25, -0.2) is 4.79 Å². The molecule has 186 valence electrons. The molecule has 0 aliphatic heterocycles. The van der Waals surface area contributed by atoms with E-state index in [1.165, 1.54) is 11.1 Å². The fourth-order valence-corrected chi connectivity index (χ4v) is 4.93. The van der Waals surface area contributed by atoms with Crippen LogP contribution in [0.5, 0.6) is 0 Å². The molecule has 0 radical (unpaired) electrons. The predicted octanol–water partition coefficient (Wildman–Crippen LogP) is 6.39. The highest BCUT2D eigenvalue weighted by Gasteiger charge is 2.30. The van der Waals surface area contributed by atoms with E-state index >= 15 is 0 Å². The molecular formula is C32H30N2O3. The third-order valence-electron chi connectivity index (χ3n) is 6.89. The molecule has 4 aromatic rings.